The number of nitrogens with zero attached hydrogens (tertiary/aromatic N) is 3. The van der Waals surface area contributed by atoms with E-state index in [1.807, 2.05) is 20.3 Å². The molecule has 45 heavy (non-hydrogen) atoms. The largest absolute Gasteiger partial charge is 0.369 e. The molecule has 7 aliphatic rings. The number of hydrogen-bond donors (Lipinski definition) is 2. The number of morpholine rings is 1. The number of ketones is 2. The van der Waals surface area contributed by atoms with Crippen molar-refractivity contribution in [3.8, 4) is 0 Å². The van der Waals surface area contributed by atoms with Crippen LogP contribution in [-0.2, 0) is 19.1 Å². The van der Waals surface area contributed by atoms with Gasteiger partial charge in [-0.15, -0.1) is 0 Å². The molecule has 0 aromatic rings. The number of unbranched alkanes of at least 4 members (excludes halogenated alkanes) is 1. The normalized spacial score (nSPS) is 40.9. The van der Waals surface area contributed by atoms with Gasteiger partial charge in [-0.1, -0.05) is 12.8 Å². The van der Waals surface area contributed by atoms with E-state index in [-0.39, 0.29) is 53.7 Å². The molecule has 11 unspecified atom stereocenters. The first-order chi connectivity index (χ1) is 21.8. The summed E-state index contributed by atoms with van der Waals surface area (Å²) in [5.41, 5.74) is 0.163. The van der Waals surface area contributed by atoms with Crippen LogP contribution in [0.4, 0.5) is 4.39 Å². The first-order valence-corrected chi connectivity index (χ1v) is 18.1. The van der Waals surface area contributed by atoms with E-state index in [4.69, 9.17) is 4.74 Å². The first kappa shape index (κ1) is 31.7. The van der Waals surface area contributed by atoms with E-state index in [1.54, 1.807) is 0 Å². The molecule has 0 radical (unpaired) electrons. The highest BCUT2D eigenvalue weighted by molar-refractivity contribution is 6.20. The van der Waals surface area contributed by atoms with E-state index in [0.29, 0.717) is 37.1 Å². The van der Waals surface area contributed by atoms with E-state index >= 15 is 4.39 Å². The molecular weight excluding hydrogens is 573 g/mol. The van der Waals surface area contributed by atoms with Gasteiger partial charge in [0.05, 0.1) is 35.9 Å². The Morgan fingerprint density at radius 1 is 0.978 bits per heavy atom. The first-order valence-electron chi connectivity index (χ1n) is 18.1. The minimum Gasteiger partial charge on any atom is -0.369 e. The molecule has 0 spiro atoms. The second-order valence-electron chi connectivity index (χ2n) is 15.4. The molecule has 0 bridgehead atoms. The van der Waals surface area contributed by atoms with Crippen LogP contribution in [0.15, 0.2) is 11.8 Å². The monoisotopic (exact) mass is 627 g/mol. The Kier molecular flexibility index (Phi) is 9.39. The maximum atomic E-state index is 16.2. The number of carbonyl (C=O) groups excluding carboxylic acids is 3. The summed E-state index contributed by atoms with van der Waals surface area (Å²) in [5, 5.41) is 6.52. The molecule has 9 nitrogen and oxygen atoms in total. The Labute approximate surface area is 268 Å². The third-order valence-electron chi connectivity index (χ3n) is 12.5. The van der Waals surface area contributed by atoms with Gasteiger partial charge in [0, 0.05) is 43.6 Å². The highest BCUT2D eigenvalue weighted by Crippen LogP contribution is 2.55. The number of rotatable bonds is 10. The zero-order chi connectivity index (χ0) is 31.2. The van der Waals surface area contributed by atoms with Gasteiger partial charge in [0.15, 0.2) is 5.78 Å². The van der Waals surface area contributed by atoms with E-state index in [1.165, 1.54) is 19.3 Å². The van der Waals surface area contributed by atoms with Gasteiger partial charge in [0.2, 0.25) is 0 Å². The Morgan fingerprint density at radius 2 is 1.78 bits per heavy atom. The standard InChI is InChI=1S/C35H54FN5O4/c1-39(2)13-6-5-11-38-35(44)26-20-41-28-18-23-21-9-3-4-10-22(21)32(42)24(23)19-29(28)45-34-30(37-12-16-40-14-7-8-15-40)27(36)17-25(31(34)41)33(26)43/h20-25,27-31,34,37H,3-19H2,1-2H3,(H,38,44). The number of likely N-dealkylation sites (tertiary alicyclic amines) is 1. The van der Waals surface area contributed by atoms with Gasteiger partial charge >= 0.3 is 0 Å². The molecule has 0 aromatic carbocycles. The smallest absolute Gasteiger partial charge is 0.256 e. The maximum Gasteiger partial charge on any atom is 0.256 e. The number of halogens is 1. The molecule has 0 aromatic heterocycles. The van der Waals surface area contributed by atoms with Crippen molar-refractivity contribution in [3.63, 3.8) is 0 Å². The lowest BCUT2D eigenvalue weighted by atomic mass is 9.66. The second kappa shape index (κ2) is 13.3. The van der Waals surface area contributed by atoms with Crippen LogP contribution in [0.2, 0.25) is 0 Å². The Hall–Kier alpha value is -1.88. The topological polar surface area (TPSA) is 94.2 Å². The maximum absolute atomic E-state index is 16.2. The number of fused-ring (bicyclic) bond motifs is 5. The summed E-state index contributed by atoms with van der Waals surface area (Å²) in [6.45, 7) is 5.18. The Balaban J connectivity index is 1.14. The van der Waals surface area contributed by atoms with Crippen molar-refractivity contribution >= 4 is 17.5 Å². The minimum absolute atomic E-state index is 0.0124. The van der Waals surface area contributed by atoms with Gasteiger partial charge in [-0.25, -0.2) is 4.39 Å². The summed E-state index contributed by atoms with van der Waals surface area (Å²) in [5.74, 6) is 0.169. The molecule has 2 saturated heterocycles. The minimum atomic E-state index is -1.25. The van der Waals surface area contributed by atoms with Gasteiger partial charge in [0.25, 0.3) is 5.91 Å². The van der Waals surface area contributed by atoms with Crippen molar-refractivity contribution in [2.45, 2.75) is 107 Å². The molecule has 4 aliphatic carbocycles. The van der Waals surface area contributed by atoms with Crippen LogP contribution in [0.25, 0.3) is 0 Å². The number of nitrogens with one attached hydrogen (secondary N) is 2. The summed E-state index contributed by atoms with van der Waals surface area (Å²) in [6.07, 6.45) is 10.1. The predicted octanol–water partition coefficient (Wildman–Crippen LogP) is 2.54. The Bertz CT molecular complexity index is 1160. The summed E-state index contributed by atoms with van der Waals surface area (Å²) in [4.78, 5) is 47.9. The van der Waals surface area contributed by atoms with Crippen LogP contribution < -0.4 is 10.6 Å². The van der Waals surface area contributed by atoms with E-state index < -0.39 is 24.2 Å². The van der Waals surface area contributed by atoms with E-state index in [9.17, 15) is 14.4 Å². The summed E-state index contributed by atoms with van der Waals surface area (Å²) >= 11 is 0. The van der Waals surface area contributed by atoms with Gasteiger partial charge in [0.1, 0.15) is 12.0 Å². The van der Waals surface area contributed by atoms with Crippen molar-refractivity contribution in [1.82, 2.24) is 25.3 Å². The summed E-state index contributed by atoms with van der Waals surface area (Å²) < 4.78 is 23.1. The fraction of sp³-hybridized carbons (Fsp3) is 0.857. The van der Waals surface area contributed by atoms with Crippen LogP contribution >= 0.6 is 0 Å². The predicted molar refractivity (Wildman–Crippen MR) is 169 cm³/mol. The molecule has 7 rings (SSSR count). The van der Waals surface area contributed by atoms with Crippen molar-refractivity contribution in [2.75, 3.05) is 53.4 Å². The molecule has 4 saturated carbocycles. The molecule has 250 valence electrons. The van der Waals surface area contributed by atoms with Gasteiger partial charge < -0.3 is 30.1 Å². The van der Waals surface area contributed by atoms with E-state index in [0.717, 1.165) is 64.7 Å². The van der Waals surface area contributed by atoms with Crippen molar-refractivity contribution < 1.29 is 23.5 Å². The molecule has 10 heteroatoms. The highest BCUT2D eigenvalue weighted by atomic mass is 19.1. The molecular formula is C35H54FN5O4. The second-order valence-corrected chi connectivity index (χ2v) is 15.4. The van der Waals surface area contributed by atoms with Crippen molar-refractivity contribution in [1.29, 1.82) is 0 Å². The summed E-state index contributed by atoms with van der Waals surface area (Å²) in [6, 6.07) is -0.839. The number of Topliss-reactive ketones (excluding diaryl/α,β-unsaturated/α-hetero) is 2. The van der Waals surface area contributed by atoms with Crippen LogP contribution in [-0.4, -0.2) is 122 Å². The lowest BCUT2D eigenvalue weighted by Crippen LogP contribution is -2.73. The number of carbonyl (C=O) groups is 3. The number of hydrogen-bond acceptors (Lipinski definition) is 8. The molecule has 3 aliphatic heterocycles. The molecule has 2 N–H and O–H groups in total. The zero-order valence-electron chi connectivity index (χ0n) is 27.3. The number of alkyl halides is 1. The highest BCUT2D eigenvalue weighted by Gasteiger charge is 2.62. The fourth-order valence-corrected chi connectivity index (χ4v) is 10.4. The lowest BCUT2D eigenvalue weighted by Gasteiger charge is -2.60. The van der Waals surface area contributed by atoms with E-state index in [2.05, 4.69) is 25.3 Å². The van der Waals surface area contributed by atoms with Crippen molar-refractivity contribution in [2.24, 2.45) is 29.6 Å². The average molecular weight is 628 g/mol. The zero-order valence-corrected chi connectivity index (χ0v) is 27.3. The third-order valence-corrected chi connectivity index (χ3v) is 12.5. The van der Waals surface area contributed by atoms with Gasteiger partial charge in [-0.05, 0) is 103 Å². The molecule has 6 fully saturated rings. The van der Waals surface area contributed by atoms with Crippen LogP contribution in [0, 0.1) is 29.6 Å². The third kappa shape index (κ3) is 6.02. The van der Waals surface area contributed by atoms with Gasteiger partial charge in [-0.3, -0.25) is 14.4 Å². The molecule has 11 atom stereocenters. The fourth-order valence-electron chi connectivity index (χ4n) is 10.4. The van der Waals surface area contributed by atoms with Crippen LogP contribution in [0.5, 0.6) is 0 Å². The SMILES string of the molecule is CN(C)CCCCNC(=O)C1=CN2C3CC4C(CC3OC3C(NCCN5CCCC5)C(F)CC(C1=O)C32)C(=O)C1CCCCC14. The quantitative estimate of drug-likeness (QED) is 0.282. The summed E-state index contributed by atoms with van der Waals surface area (Å²) in [7, 11) is 4.06. The number of ether oxygens (including phenoxy) is 1. The average Bonchev–Trinajstić information content (AvgIpc) is 3.64. The lowest BCUT2D eigenvalue weighted by molar-refractivity contribution is -0.206. The van der Waals surface area contributed by atoms with Crippen molar-refractivity contribution in [3.05, 3.63) is 11.8 Å². The number of amides is 1. The molecule has 1 amide bonds. The molecule has 3 heterocycles. The van der Waals surface area contributed by atoms with Crippen LogP contribution in [0.3, 0.4) is 0 Å². The van der Waals surface area contributed by atoms with Crippen LogP contribution in [0.1, 0.15) is 70.6 Å². The van der Waals surface area contributed by atoms with Gasteiger partial charge in [-0.2, -0.15) is 0 Å². The Morgan fingerprint density at radius 3 is 2.58 bits per heavy atom.